The highest BCUT2D eigenvalue weighted by Gasteiger charge is 2.14. The number of hydrogen-bond acceptors (Lipinski definition) is 5. The maximum absolute atomic E-state index is 12.2. The van der Waals surface area contributed by atoms with Crippen LogP contribution in [0.25, 0.3) is 0 Å². The zero-order chi connectivity index (χ0) is 14.0. The number of amides is 1. The van der Waals surface area contributed by atoms with Crippen LogP contribution in [0.1, 0.15) is 20.9 Å². The Morgan fingerprint density at radius 1 is 1.42 bits per heavy atom. The Balaban J connectivity index is 2.24. The SMILES string of the molecule is COc1cc(N)ccc1C(=O)Nc1nc(C)c(C)s1. The molecule has 0 aliphatic rings. The van der Waals surface area contributed by atoms with Crippen LogP contribution in [0.3, 0.4) is 0 Å². The van der Waals surface area contributed by atoms with Crippen LogP contribution < -0.4 is 15.8 Å². The van der Waals surface area contributed by atoms with Crippen LogP contribution in [0.2, 0.25) is 0 Å². The molecule has 0 bridgehead atoms. The molecule has 1 aromatic carbocycles. The lowest BCUT2D eigenvalue weighted by Crippen LogP contribution is -2.13. The maximum Gasteiger partial charge on any atom is 0.261 e. The first-order valence-corrected chi connectivity index (χ1v) is 6.52. The number of anilines is 2. The lowest BCUT2D eigenvalue weighted by Gasteiger charge is -2.08. The first kappa shape index (κ1) is 13.4. The molecule has 1 amide bonds. The summed E-state index contributed by atoms with van der Waals surface area (Å²) in [6.45, 7) is 3.87. The number of carbonyl (C=O) groups is 1. The highest BCUT2D eigenvalue weighted by molar-refractivity contribution is 7.15. The number of carbonyl (C=O) groups excluding carboxylic acids is 1. The van der Waals surface area contributed by atoms with Crippen molar-refractivity contribution in [3.63, 3.8) is 0 Å². The first-order chi connectivity index (χ1) is 9.01. The third kappa shape index (κ3) is 2.85. The largest absolute Gasteiger partial charge is 0.496 e. The summed E-state index contributed by atoms with van der Waals surface area (Å²) in [5.74, 6) is 0.188. The number of nitrogens with one attached hydrogen (secondary N) is 1. The number of aromatic nitrogens is 1. The van der Waals surface area contributed by atoms with E-state index in [-0.39, 0.29) is 5.91 Å². The standard InChI is InChI=1S/C13H15N3O2S/c1-7-8(2)19-13(15-7)16-12(17)10-5-4-9(14)6-11(10)18-3/h4-6H,14H2,1-3H3,(H,15,16,17). The molecule has 5 nitrogen and oxygen atoms in total. The second-order valence-corrected chi connectivity index (χ2v) is 5.28. The molecular weight excluding hydrogens is 262 g/mol. The van der Waals surface area contributed by atoms with E-state index in [2.05, 4.69) is 10.3 Å². The number of nitrogen functional groups attached to an aromatic ring is 1. The van der Waals surface area contributed by atoms with Gasteiger partial charge in [0.2, 0.25) is 0 Å². The molecule has 2 aromatic rings. The molecule has 100 valence electrons. The molecule has 19 heavy (non-hydrogen) atoms. The van der Waals surface area contributed by atoms with Crippen LogP contribution in [0, 0.1) is 13.8 Å². The minimum absolute atomic E-state index is 0.259. The van der Waals surface area contributed by atoms with E-state index < -0.39 is 0 Å². The smallest absolute Gasteiger partial charge is 0.261 e. The van der Waals surface area contributed by atoms with Crippen molar-refractivity contribution in [2.45, 2.75) is 13.8 Å². The van der Waals surface area contributed by atoms with Gasteiger partial charge in [0.25, 0.3) is 5.91 Å². The molecule has 0 atom stereocenters. The van der Waals surface area contributed by atoms with Crippen molar-refractivity contribution < 1.29 is 9.53 Å². The van der Waals surface area contributed by atoms with Gasteiger partial charge in [-0.15, -0.1) is 11.3 Å². The highest BCUT2D eigenvalue weighted by Crippen LogP contribution is 2.25. The molecule has 0 saturated carbocycles. The van der Waals surface area contributed by atoms with E-state index in [9.17, 15) is 4.79 Å². The molecular formula is C13H15N3O2S. The number of ether oxygens (including phenoxy) is 1. The fourth-order valence-electron chi connectivity index (χ4n) is 1.59. The zero-order valence-corrected chi connectivity index (χ0v) is 11.8. The van der Waals surface area contributed by atoms with E-state index >= 15 is 0 Å². The molecule has 0 unspecified atom stereocenters. The Morgan fingerprint density at radius 3 is 2.74 bits per heavy atom. The summed E-state index contributed by atoms with van der Waals surface area (Å²) < 4.78 is 5.16. The van der Waals surface area contributed by atoms with Gasteiger partial charge in [0.1, 0.15) is 5.75 Å². The van der Waals surface area contributed by atoms with Gasteiger partial charge in [0.05, 0.1) is 18.4 Å². The number of rotatable bonds is 3. The Kier molecular flexibility index (Phi) is 3.71. The second kappa shape index (κ2) is 5.27. The number of nitrogens with two attached hydrogens (primary N) is 1. The topological polar surface area (TPSA) is 77.2 Å². The number of benzene rings is 1. The van der Waals surface area contributed by atoms with Crippen molar-refractivity contribution in [2.24, 2.45) is 0 Å². The molecule has 3 N–H and O–H groups in total. The Labute approximate surface area is 115 Å². The van der Waals surface area contributed by atoms with Gasteiger partial charge in [-0.25, -0.2) is 4.98 Å². The molecule has 0 aliphatic heterocycles. The van der Waals surface area contributed by atoms with Gasteiger partial charge in [-0.1, -0.05) is 0 Å². The van der Waals surface area contributed by atoms with Gasteiger partial charge in [-0.05, 0) is 26.0 Å². The van der Waals surface area contributed by atoms with Crippen molar-refractivity contribution in [1.82, 2.24) is 4.98 Å². The lowest BCUT2D eigenvalue weighted by atomic mass is 10.1. The van der Waals surface area contributed by atoms with E-state index in [1.807, 2.05) is 13.8 Å². The molecule has 0 saturated heterocycles. The van der Waals surface area contributed by atoms with Crippen LogP contribution >= 0.6 is 11.3 Å². The normalized spacial score (nSPS) is 10.3. The highest BCUT2D eigenvalue weighted by atomic mass is 32.1. The van der Waals surface area contributed by atoms with Gasteiger partial charge in [0.15, 0.2) is 5.13 Å². The average Bonchev–Trinajstić information content (AvgIpc) is 2.67. The predicted molar refractivity (Wildman–Crippen MR) is 76.9 cm³/mol. The summed E-state index contributed by atoms with van der Waals surface area (Å²) >= 11 is 1.45. The molecule has 6 heteroatoms. The second-order valence-electron chi connectivity index (χ2n) is 4.07. The van der Waals surface area contributed by atoms with Crippen LogP contribution in [0.4, 0.5) is 10.8 Å². The fourth-order valence-corrected chi connectivity index (χ4v) is 2.40. The quantitative estimate of drug-likeness (QED) is 0.845. The van der Waals surface area contributed by atoms with E-state index in [0.717, 1.165) is 10.6 Å². The zero-order valence-electron chi connectivity index (χ0n) is 11.0. The monoisotopic (exact) mass is 277 g/mol. The summed E-state index contributed by atoms with van der Waals surface area (Å²) in [6.07, 6.45) is 0. The predicted octanol–water partition coefficient (Wildman–Crippen LogP) is 2.60. The van der Waals surface area contributed by atoms with Gasteiger partial charge >= 0.3 is 0 Å². The van der Waals surface area contributed by atoms with Crippen molar-refractivity contribution in [2.75, 3.05) is 18.2 Å². The van der Waals surface area contributed by atoms with Crippen molar-refractivity contribution in [1.29, 1.82) is 0 Å². The van der Waals surface area contributed by atoms with Gasteiger partial charge < -0.3 is 10.5 Å². The van der Waals surface area contributed by atoms with Crippen molar-refractivity contribution in [3.8, 4) is 5.75 Å². The van der Waals surface area contributed by atoms with Crippen molar-refractivity contribution in [3.05, 3.63) is 34.3 Å². The molecule has 1 aromatic heterocycles. The number of thiazole rings is 1. The Bertz CT molecular complexity index is 603. The van der Waals surface area contributed by atoms with Crippen LogP contribution in [0.5, 0.6) is 5.75 Å². The third-order valence-corrected chi connectivity index (χ3v) is 3.71. The molecule has 0 radical (unpaired) electrons. The van der Waals surface area contributed by atoms with E-state index in [0.29, 0.717) is 22.1 Å². The van der Waals surface area contributed by atoms with E-state index in [1.54, 1.807) is 18.2 Å². The molecule has 0 aliphatic carbocycles. The van der Waals surface area contributed by atoms with Crippen molar-refractivity contribution >= 4 is 28.1 Å². The van der Waals surface area contributed by atoms with Gasteiger partial charge in [0, 0.05) is 16.6 Å². The summed E-state index contributed by atoms with van der Waals surface area (Å²) in [5.41, 5.74) is 7.56. The molecule has 0 fully saturated rings. The van der Waals surface area contributed by atoms with Crippen LogP contribution in [-0.2, 0) is 0 Å². The molecule has 2 rings (SSSR count). The minimum Gasteiger partial charge on any atom is -0.496 e. The van der Waals surface area contributed by atoms with Crippen LogP contribution in [0.15, 0.2) is 18.2 Å². The van der Waals surface area contributed by atoms with Crippen LogP contribution in [-0.4, -0.2) is 18.0 Å². The Hall–Kier alpha value is -2.08. The number of hydrogen-bond donors (Lipinski definition) is 2. The fraction of sp³-hybridized carbons (Fsp3) is 0.231. The third-order valence-electron chi connectivity index (χ3n) is 2.72. The Morgan fingerprint density at radius 2 is 2.16 bits per heavy atom. The number of methoxy groups -OCH3 is 1. The lowest BCUT2D eigenvalue weighted by molar-refractivity contribution is 0.102. The number of nitrogens with zero attached hydrogens (tertiary/aromatic N) is 1. The minimum atomic E-state index is -0.259. The van der Waals surface area contributed by atoms with E-state index in [1.165, 1.54) is 18.4 Å². The maximum atomic E-state index is 12.2. The number of aryl methyl sites for hydroxylation is 2. The first-order valence-electron chi connectivity index (χ1n) is 5.70. The summed E-state index contributed by atoms with van der Waals surface area (Å²) in [5, 5.41) is 3.34. The molecule has 0 spiro atoms. The van der Waals surface area contributed by atoms with Gasteiger partial charge in [-0.3, -0.25) is 10.1 Å². The summed E-state index contributed by atoms with van der Waals surface area (Å²) in [6, 6.07) is 4.92. The average molecular weight is 277 g/mol. The van der Waals surface area contributed by atoms with E-state index in [4.69, 9.17) is 10.5 Å². The summed E-state index contributed by atoms with van der Waals surface area (Å²) in [7, 11) is 1.50. The molecule has 1 heterocycles. The summed E-state index contributed by atoms with van der Waals surface area (Å²) in [4.78, 5) is 17.5. The van der Waals surface area contributed by atoms with Gasteiger partial charge in [-0.2, -0.15) is 0 Å².